The molecule has 0 amide bonds. The SMILES string of the molecule is Cc1ccc(NC(=S)N/N=C/c2c(C)[nH]c3ccccc23)cc1. The Morgan fingerprint density at radius 3 is 2.61 bits per heavy atom. The van der Waals surface area contributed by atoms with Gasteiger partial charge in [0.1, 0.15) is 0 Å². The van der Waals surface area contributed by atoms with Crippen molar-refractivity contribution in [1.82, 2.24) is 10.4 Å². The minimum Gasteiger partial charge on any atom is -0.358 e. The van der Waals surface area contributed by atoms with E-state index in [2.05, 4.69) is 33.0 Å². The van der Waals surface area contributed by atoms with Gasteiger partial charge in [0.15, 0.2) is 5.11 Å². The molecule has 0 saturated carbocycles. The molecule has 0 aliphatic carbocycles. The molecule has 0 fully saturated rings. The quantitative estimate of drug-likeness (QED) is 0.386. The Morgan fingerprint density at radius 1 is 1.09 bits per heavy atom. The van der Waals surface area contributed by atoms with Crippen LogP contribution in [0.1, 0.15) is 16.8 Å². The molecule has 0 aliphatic heterocycles. The molecule has 0 spiro atoms. The van der Waals surface area contributed by atoms with Crippen LogP contribution < -0.4 is 10.7 Å². The number of para-hydroxylation sites is 1. The Balaban J connectivity index is 1.67. The van der Waals surface area contributed by atoms with E-state index in [0.29, 0.717) is 5.11 Å². The van der Waals surface area contributed by atoms with Crippen LogP contribution in [0.15, 0.2) is 53.6 Å². The van der Waals surface area contributed by atoms with Gasteiger partial charge in [0.25, 0.3) is 0 Å². The third-order valence-corrected chi connectivity index (χ3v) is 3.81. The lowest BCUT2D eigenvalue weighted by Crippen LogP contribution is -2.23. The number of nitrogens with one attached hydrogen (secondary N) is 3. The van der Waals surface area contributed by atoms with Gasteiger partial charge in [-0.3, -0.25) is 5.43 Å². The number of anilines is 1. The number of hydrogen-bond acceptors (Lipinski definition) is 2. The lowest BCUT2D eigenvalue weighted by molar-refractivity contribution is 1.05. The molecule has 2 aromatic carbocycles. The number of aryl methyl sites for hydroxylation is 2. The molecule has 0 atom stereocenters. The van der Waals surface area contributed by atoms with Gasteiger partial charge in [-0.05, 0) is 44.3 Å². The summed E-state index contributed by atoms with van der Waals surface area (Å²) in [5.74, 6) is 0. The van der Waals surface area contributed by atoms with Gasteiger partial charge in [-0.2, -0.15) is 5.10 Å². The summed E-state index contributed by atoms with van der Waals surface area (Å²) in [6.45, 7) is 4.08. The molecule has 0 aliphatic rings. The lowest BCUT2D eigenvalue weighted by Gasteiger charge is -2.06. The molecule has 0 unspecified atom stereocenters. The predicted molar refractivity (Wildman–Crippen MR) is 101 cm³/mol. The summed E-state index contributed by atoms with van der Waals surface area (Å²) < 4.78 is 0. The second kappa shape index (κ2) is 6.62. The zero-order valence-electron chi connectivity index (χ0n) is 13.1. The van der Waals surface area contributed by atoms with Gasteiger partial charge < -0.3 is 10.3 Å². The summed E-state index contributed by atoms with van der Waals surface area (Å²) in [4.78, 5) is 3.34. The first-order valence-electron chi connectivity index (χ1n) is 7.37. The van der Waals surface area contributed by atoms with E-state index in [1.54, 1.807) is 6.21 Å². The van der Waals surface area contributed by atoms with E-state index in [-0.39, 0.29) is 0 Å². The lowest BCUT2D eigenvalue weighted by atomic mass is 10.1. The molecule has 5 heteroatoms. The van der Waals surface area contributed by atoms with Crippen molar-refractivity contribution in [1.29, 1.82) is 0 Å². The standard InChI is InChI=1S/C18H18N4S/c1-12-7-9-14(10-8-12)21-18(23)22-19-11-16-13(2)20-17-6-4-3-5-15(16)17/h3-11,20H,1-2H3,(H2,21,22,23)/b19-11+. The van der Waals surface area contributed by atoms with E-state index in [4.69, 9.17) is 12.2 Å². The topological polar surface area (TPSA) is 52.2 Å². The van der Waals surface area contributed by atoms with Crippen molar-refractivity contribution in [2.75, 3.05) is 5.32 Å². The Hall–Kier alpha value is -2.66. The van der Waals surface area contributed by atoms with Gasteiger partial charge in [0.05, 0.1) is 6.21 Å². The largest absolute Gasteiger partial charge is 0.358 e. The maximum absolute atomic E-state index is 5.25. The van der Waals surface area contributed by atoms with Crippen LogP contribution in [0.25, 0.3) is 10.9 Å². The van der Waals surface area contributed by atoms with Gasteiger partial charge in [-0.15, -0.1) is 0 Å². The number of H-pyrrole nitrogens is 1. The minimum atomic E-state index is 0.461. The van der Waals surface area contributed by atoms with Crippen LogP contribution in [0.3, 0.4) is 0 Å². The zero-order valence-corrected chi connectivity index (χ0v) is 13.9. The molecule has 23 heavy (non-hydrogen) atoms. The molecule has 1 heterocycles. The van der Waals surface area contributed by atoms with Crippen LogP contribution in [-0.2, 0) is 0 Å². The molecule has 116 valence electrons. The molecule has 0 saturated heterocycles. The molecular weight excluding hydrogens is 304 g/mol. The van der Waals surface area contributed by atoms with Gasteiger partial charge in [0.2, 0.25) is 0 Å². The maximum Gasteiger partial charge on any atom is 0.191 e. The van der Waals surface area contributed by atoms with Crippen LogP contribution in [0.5, 0.6) is 0 Å². The first-order chi connectivity index (χ1) is 11.1. The summed E-state index contributed by atoms with van der Waals surface area (Å²) >= 11 is 5.25. The summed E-state index contributed by atoms with van der Waals surface area (Å²) in [6.07, 6.45) is 1.79. The minimum absolute atomic E-state index is 0.461. The third-order valence-electron chi connectivity index (χ3n) is 3.61. The molecule has 0 radical (unpaired) electrons. The second-order valence-electron chi connectivity index (χ2n) is 5.40. The van der Waals surface area contributed by atoms with Crippen LogP contribution in [0.4, 0.5) is 5.69 Å². The molecular formula is C18H18N4S. The van der Waals surface area contributed by atoms with Crippen LogP contribution in [0, 0.1) is 13.8 Å². The summed E-state index contributed by atoms with van der Waals surface area (Å²) in [7, 11) is 0. The second-order valence-corrected chi connectivity index (χ2v) is 5.81. The third kappa shape index (κ3) is 3.57. The first-order valence-corrected chi connectivity index (χ1v) is 7.78. The summed E-state index contributed by atoms with van der Waals surface area (Å²) in [5.41, 5.74) is 8.24. The Morgan fingerprint density at radius 2 is 1.83 bits per heavy atom. The van der Waals surface area contributed by atoms with E-state index in [9.17, 15) is 0 Å². The Kier molecular flexibility index (Phi) is 4.39. The van der Waals surface area contributed by atoms with Crippen LogP contribution >= 0.6 is 12.2 Å². The molecule has 3 rings (SSSR count). The highest BCUT2D eigenvalue weighted by Crippen LogP contribution is 2.19. The fourth-order valence-corrected chi connectivity index (χ4v) is 2.59. The Bertz CT molecular complexity index is 862. The van der Waals surface area contributed by atoms with Crippen LogP contribution in [0.2, 0.25) is 0 Å². The average Bonchev–Trinajstić information content (AvgIpc) is 2.86. The number of benzene rings is 2. The van der Waals surface area contributed by atoms with Gasteiger partial charge >= 0.3 is 0 Å². The number of thiocarbonyl (C=S) groups is 1. The highest BCUT2D eigenvalue weighted by molar-refractivity contribution is 7.80. The van der Waals surface area contributed by atoms with E-state index in [0.717, 1.165) is 27.8 Å². The zero-order chi connectivity index (χ0) is 16.2. The molecule has 4 nitrogen and oxygen atoms in total. The summed E-state index contributed by atoms with van der Waals surface area (Å²) in [5, 5.41) is 8.95. The average molecular weight is 322 g/mol. The van der Waals surface area contributed by atoms with E-state index < -0.39 is 0 Å². The molecule has 3 N–H and O–H groups in total. The normalized spacial score (nSPS) is 11.0. The first kappa shape index (κ1) is 15.2. The smallest absolute Gasteiger partial charge is 0.191 e. The number of hydrazone groups is 1. The van der Waals surface area contributed by atoms with E-state index in [1.807, 2.05) is 50.2 Å². The van der Waals surface area contributed by atoms with Gasteiger partial charge in [0, 0.05) is 27.8 Å². The predicted octanol–water partition coefficient (Wildman–Crippen LogP) is 4.11. The number of rotatable bonds is 3. The highest BCUT2D eigenvalue weighted by Gasteiger charge is 2.05. The van der Waals surface area contributed by atoms with Crippen LogP contribution in [-0.4, -0.2) is 16.3 Å². The fraction of sp³-hybridized carbons (Fsp3) is 0.111. The number of hydrogen-bond donors (Lipinski definition) is 3. The molecule has 0 bridgehead atoms. The number of aromatic amines is 1. The van der Waals surface area contributed by atoms with Crippen molar-refractivity contribution in [3.8, 4) is 0 Å². The van der Waals surface area contributed by atoms with Crippen molar-refractivity contribution >= 4 is 40.1 Å². The number of fused-ring (bicyclic) bond motifs is 1. The van der Waals surface area contributed by atoms with E-state index in [1.165, 1.54) is 5.56 Å². The highest BCUT2D eigenvalue weighted by atomic mass is 32.1. The van der Waals surface area contributed by atoms with Crippen molar-refractivity contribution < 1.29 is 0 Å². The monoisotopic (exact) mass is 322 g/mol. The van der Waals surface area contributed by atoms with E-state index >= 15 is 0 Å². The maximum atomic E-state index is 5.25. The van der Waals surface area contributed by atoms with Crippen molar-refractivity contribution in [3.05, 3.63) is 65.4 Å². The van der Waals surface area contributed by atoms with Crippen molar-refractivity contribution in [3.63, 3.8) is 0 Å². The van der Waals surface area contributed by atoms with Crippen molar-refractivity contribution in [2.45, 2.75) is 13.8 Å². The molecule has 1 aromatic heterocycles. The van der Waals surface area contributed by atoms with Gasteiger partial charge in [-0.25, -0.2) is 0 Å². The van der Waals surface area contributed by atoms with Gasteiger partial charge in [-0.1, -0.05) is 35.9 Å². The van der Waals surface area contributed by atoms with Crippen molar-refractivity contribution in [2.24, 2.45) is 5.10 Å². The molecule has 3 aromatic rings. The number of aromatic nitrogens is 1. The number of nitrogens with zero attached hydrogens (tertiary/aromatic N) is 1. The summed E-state index contributed by atoms with van der Waals surface area (Å²) in [6, 6.07) is 16.2. The fourth-order valence-electron chi connectivity index (χ4n) is 2.42. The Labute approximate surface area is 140 Å².